The zero-order chi connectivity index (χ0) is 18.9. The molecule has 0 aliphatic rings. The molecule has 4 rings (SSSR count). The molecule has 132 valence electrons. The van der Waals surface area contributed by atoms with Gasteiger partial charge >= 0.3 is 0 Å². The van der Waals surface area contributed by atoms with Crippen molar-refractivity contribution >= 4 is 32.3 Å². The molecule has 0 unspecified atom stereocenters. The van der Waals surface area contributed by atoms with Crippen LogP contribution in [0.25, 0.3) is 32.3 Å². The van der Waals surface area contributed by atoms with Crippen molar-refractivity contribution in [3.05, 3.63) is 70.8 Å². The summed E-state index contributed by atoms with van der Waals surface area (Å²) in [5.41, 5.74) is 0. The van der Waals surface area contributed by atoms with Crippen molar-refractivity contribution in [3.63, 3.8) is 0 Å². The third kappa shape index (κ3) is 1.84. The summed E-state index contributed by atoms with van der Waals surface area (Å²) >= 11 is 0. The Labute approximate surface area is 139 Å². The average molecular weight is 372 g/mol. The van der Waals surface area contributed by atoms with Crippen LogP contribution in [0.2, 0.25) is 0 Å². The fourth-order valence-corrected chi connectivity index (χ4v) is 3.16. The fraction of sp³-hybridized carbons (Fsp3) is 0. The zero-order valence-electron chi connectivity index (χ0n) is 12.3. The standard InChI is InChI=1S/C18H4F8/c19-11-7-5-3-1-2-4-6(5)8-10(9(7)13(21)17(25)15(11)23)14(22)18(26)16(24)12(8)20/h1-4H. The van der Waals surface area contributed by atoms with Gasteiger partial charge in [0.15, 0.2) is 46.5 Å². The average Bonchev–Trinajstić information content (AvgIpc) is 2.65. The van der Waals surface area contributed by atoms with E-state index in [-0.39, 0.29) is 10.8 Å². The van der Waals surface area contributed by atoms with Gasteiger partial charge in [-0.2, -0.15) is 0 Å². The predicted octanol–water partition coefficient (Wildman–Crippen LogP) is 6.26. The number of hydrogen-bond donors (Lipinski definition) is 0. The number of rotatable bonds is 0. The molecule has 0 bridgehead atoms. The molecule has 0 radical (unpaired) electrons. The maximum absolute atomic E-state index is 14.4. The van der Waals surface area contributed by atoms with Crippen LogP contribution in [0.15, 0.2) is 24.3 Å². The van der Waals surface area contributed by atoms with Crippen molar-refractivity contribution in [1.82, 2.24) is 0 Å². The van der Waals surface area contributed by atoms with Gasteiger partial charge in [0.2, 0.25) is 0 Å². The summed E-state index contributed by atoms with van der Waals surface area (Å²) in [4.78, 5) is 0. The van der Waals surface area contributed by atoms with Crippen LogP contribution in [0, 0.1) is 46.5 Å². The van der Waals surface area contributed by atoms with Crippen LogP contribution in [-0.2, 0) is 0 Å². The Bertz CT molecular complexity index is 1160. The second kappa shape index (κ2) is 5.30. The van der Waals surface area contributed by atoms with Crippen molar-refractivity contribution in [2.75, 3.05) is 0 Å². The molecule has 0 N–H and O–H groups in total. The van der Waals surface area contributed by atoms with E-state index in [1.54, 1.807) is 0 Å². The van der Waals surface area contributed by atoms with Gasteiger partial charge in [-0.25, -0.2) is 35.1 Å². The lowest BCUT2D eigenvalue weighted by Crippen LogP contribution is -2.04. The van der Waals surface area contributed by atoms with E-state index < -0.39 is 68.1 Å². The van der Waals surface area contributed by atoms with E-state index in [0.717, 1.165) is 12.1 Å². The van der Waals surface area contributed by atoms with E-state index in [9.17, 15) is 35.1 Å². The molecule has 0 nitrogen and oxygen atoms in total. The highest BCUT2D eigenvalue weighted by molar-refractivity contribution is 6.26. The van der Waals surface area contributed by atoms with Crippen LogP contribution >= 0.6 is 0 Å². The van der Waals surface area contributed by atoms with Crippen LogP contribution in [-0.4, -0.2) is 0 Å². The molecule has 4 aromatic rings. The lowest BCUT2D eigenvalue weighted by molar-refractivity contribution is 0.415. The molecule has 0 atom stereocenters. The maximum Gasteiger partial charge on any atom is 0.198 e. The quantitative estimate of drug-likeness (QED) is 0.148. The molecule has 0 heterocycles. The molecule has 26 heavy (non-hydrogen) atoms. The Hall–Kier alpha value is -2.90. The number of fused-ring (bicyclic) bond motifs is 6. The van der Waals surface area contributed by atoms with Gasteiger partial charge < -0.3 is 0 Å². The Morgan fingerprint density at radius 2 is 0.615 bits per heavy atom. The molecule has 4 aromatic carbocycles. The minimum Gasteiger partial charge on any atom is -0.203 e. The monoisotopic (exact) mass is 372 g/mol. The van der Waals surface area contributed by atoms with Gasteiger partial charge in [-0.3, -0.25) is 0 Å². The van der Waals surface area contributed by atoms with E-state index in [1.807, 2.05) is 0 Å². The number of halogens is 8. The number of hydrogen-bond acceptors (Lipinski definition) is 0. The van der Waals surface area contributed by atoms with Crippen LogP contribution in [0.3, 0.4) is 0 Å². The highest BCUT2D eigenvalue weighted by Gasteiger charge is 2.30. The second-order valence-corrected chi connectivity index (χ2v) is 5.56. The summed E-state index contributed by atoms with van der Waals surface area (Å²) in [6.45, 7) is 0. The highest BCUT2D eigenvalue weighted by atomic mass is 19.2. The smallest absolute Gasteiger partial charge is 0.198 e. The summed E-state index contributed by atoms with van der Waals surface area (Å²) in [5.74, 6) is -16.7. The highest BCUT2D eigenvalue weighted by Crippen LogP contribution is 2.42. The normalized spacial score (nSPS) is 11.8. The Kier molecular flexibility index (Phi) is 3.37. The van der Waals surface area contributed by atoms with E-state index in [4.69, 9.17) is 0 Å². The molecule has 0 saturated carbocycles. The third-order valence-electron chi connectivity index (χ3n) is 4.25. The Morgan fingerprint density at radius 3 is 0.923 bits per heavy atom. The lowest BCUT2D eigenvalue weighted by Gasteiger charge is -2.14. The van der Waals surface area contributed by atoms with Crippen molar-refractivity contribution < 1.29 is 35.1 Å². The zero-order valence-corrected chi connectivity index (χ0v) is 12.3. The van der Waals surface area contributed by atoms with Crippen LogP contribution in [0.4, 0.5) is 35.1 Å². The van der Waals surface area contributed by atoms with Crippen molar-refractivity contribution in [3.8, 4) is 0 Å². The molecule has 0 aliphatic heterocycles. The fourth-order valence-electron chi connectivity index (χ4n) is 3.16. The van der Waals surface area contributed by atoms with Crippen LogP contribution < -0.4 is 0 Å². The van der Waals surface area contributed by atoms with Gasteiger partial charge in [0, 0.05) is 21.5 Å². The lowest BCUT2D eigenvalue weighted by atomic mass is 9.92. The first-order chi connectivity index (χ1) is 12.3. The molecular formula is C18H4F8. The largest absolute Gasteiger partial charge is 0.203 e. The van der Waals surface area contributed by atoms with Crippen LogP contribution in [0.5, 0.6) is 0 Å². The van der Waals surface area contributed by atoms with Gasteiger partial charge in [0.1, 0.15) is 0 Å². The Morgan fingerprint density at radius 1 is 0.346 bits per heavy atom. The van der Waals surface area contributed by atoms with Crippen molar-refractivity contribution in [2.24, 2.45) is 0 Å². The van der Waals surface area contributed by atoms with Gasteiger partial charge in [-0.1, -0.05) is 24.3 Å². The molecule has 8 heteroatoms. The molecule has 0 amide bonds. The third-order valence-corrected chi connectivity index (χ3v) is 4.25. The summed E-state index contributed by atoms with van der Waals surface area (Å²) in [5, 5.41) is -4.90. The van der Waals surface area contributed by atoms with Crippen molar-refractivity contribution in [1.29, 1.82) is 0 Å². The van der Waals surface area contributed by atoms with Gasteiger partial charge in [-0.05, 0) is 10.8 Å². The van der Waals surface area contributed by atoms with E-state index in [0.29, 0.717) is 0 Å². The molecule has 0 saturated heterocycles. The summed E-state index contributed by atoms with van der Waals surface area (Å²) < 4.78 is 112. The van der Waals surface area contributed by atoms with E-state index >= 15 is 0 Å². The van der Waals surface area contributed by atoms with E-state index in [1.165, 1.54) is 12.1 Å². The maximum atomic E-state index is 14.4. The van der Waals surface area contributed by atoms with Gasteiger partial charge in [0.25, 0.3) is 0 Å². The molecule has 0 fully saturated rings. The first kappa shape index (κ1) is 16.6. The summed E-state index contributed by atoms with van der Waals surface area (Å²) in [6, 6.07) is 4.80. The molecule has 0 aromatic heterocycles. The van der Waals surface area contributed by atoms with Crippen LogP contribution in [0.1, 0.15) is 0 Å². The van der Waals surface area contributed by atoms with Crippen molar-refractivity contribution in [2.45, 2.75) is 0 Å². The SMILES string of the molecule is Fc1c(F)c(F)c2c(c1F)c1ccccc1c1c(F)c(F)c(F)c(F)c12. The summed E-state index contributed by atoms with van der Waals surface area (Å²) in [6.07, 6.45) is 0. The molecular weight excluding hydrogens is 368 g/mol. The first-order valence-electron chi connectivity index (χ1n) is 7.09. The minimum atomic E-state index is -2.28. The summed E-state index contributed by atoms with van der Waals surface area (Å²) in [7, 11) is 0. The second-order valence-electron chi connectivity index (χ2n) is 5.56. The van der Waals surface area contributed by atoms with Gasteiger partial charge in [-0.15, -0.1) is 0 Å². The molecule has 0 aliphatic carbocycles. The van der Waals surface area contributed by atoms with Gasteiger partial charge in [0.05, 0.1) is 0 Å². The number of benzene rings is 4. The predicted molar refractivity (Wildman–Crippen MR) is 78.6 cm³/mol. The molecule has 0 spiro atoms. The van der Waals surface area contributed by atoms with E-state index in [2.05, 4.69) is 0 Å². The topological polar surface area (TPSA) is 0 Å². The Balaban J connectivity index is 2.57. The first-order valence-corrected chi connectivity index (χ1v) is 7.09. The minimum absolute atomic E-state index is 0.324.